The van der Waals surface area contributed by atoms with Gasteiger partial charge in [0.05, 0.1) is 24.0 Å². The van der Waals surface area contributed by atoms with E-state index in [1.165, 1.54) is 0 Å². The summed E-state index contributed by atoms with van der Waals surface area (Å²) in [5.74, 6) is -2.98. The zero-order chi connectivity index (χ0) is 15.0. The van der Waals surface area contributed by atoms with Crippen LogP contribution in [0.25, 0.3) is 0 Å². The topological polar surface area (TPSA) is 72.8 Å². The van der Waals surface area contributed by atoms with Gasteiger partial charge in [0.25, 0.3) is 0 Å². The van der Waals surface area contributed by atoms with Gasteiger partial charge in [0.1, 0.15) is 6.61 Å². The van der Waals surface area contributed by atoms with Crippen molar-refractivity contribution >= 4 is 23.5 Å². The highest BCUT2D eigenvalue weighted by Crippen LogP contribution is 2.44. The van der Waals surface area contributed by atoms with Gasteiger partial charge in [0, 0.05) is 5.02 Å². The average molecular weight is 311 g/mol. The van der Waals surface area contributed by atoms with Crippen molar-refractivity contribution in [2.45, 2.75) is 31.7 Å². The van der Waals surface area contributed by atoms with Crippen molar-refractivity contribution in [3.05, 3.63) is 34.9 Å². The number of fused-ring (bicyclic) bond motifs is 2. The molecule has 1 aromatic rings. The Labute approximate surface area is 126 Å². The van der Waals surface area contributed by atoms with E-state index in [2.05, 4.69) is 0 Å². The molecule has 0 spiro atoms. The van der Waals surface area contributed by atoms with Crippen LogP contribution in [0.15, 0.2) is 24.3 Å². The van der Waals surface area contributed by atoms with Gasteiger partial charge < -0.3 is 14.6 Å². The number of hydrogen-bond acceptors (Lipinski definition) is 4. The predicted octanol–water partition coefficient (Wildman–Crippen LogP) is 2.26. The largest absolute Gasteiger partial charge is 0.481 e. The van der Waals surface area contributed by atoms with E-state index >= 15 is 0 Å². The van der Waals surface area contributed by atoms with Crippen LogP contribution in [-0.2, 0) is 25.7 Å². The molecule has 2 aliphatic rings. The standard InChI is InChI=1S/C15H15ClO5/c16-9-3-1-8(2-4-9)7-20-15(19)13-11-6-5-10(21-11)12(13)14(17)18/h1-4,10-13H,5-7H2,(H,17,18)/t10-,11+,12?,13?/m0/s1. The van der Waals surface area contributed by atoms with Crippen LogP contribution in [-0.4, -0.2) is 29.3 Å². The van der Waals surface area contributed by atoms with Crippen LogP contribution in [0.1, 0.15) is 18.4 Å². The highest BCUT2D eigenvalue weighted by atomic mass is 35.5. The second-order valence-corrected chi connectivity index (χ2v) is 5.85. The number of esters is 1. The van der Waals surface area contributed by atoms with Crippen molar-refractivity contribution in [2.75, 3.05) is 0 Å². The molecule has 2 bridgehead atoms. The molecule has 6 heteroatoms. The van der Waals surface area contributed by atoms with E-state index in [9.17, 15) is 14.7 Å². The minimum absolute atomic E-state index is 0.107. The van der Waals surface area contributed by atoms with Crippen LogP contribution in [0.2, 0.25) is 5.02 Å². The van der Waals surface area contributed by atoms with Crippen molar-refractivity contribution in [3.63, 3.8) is 0 Å². The fraction of sp³-hybridized carbons (Fsp3) is 0.467. The average Bonchev–Trinajstić information content (AvgIpc) is 3.06. The minimum atomic E-state index is -0.990. The normalized spacial score (nSPS) is 30.3. The third-order valence-corrected chi connectivity index (χ3v) is 4.38. The Bertz CT molecular complexity index is 556. The summed E-state index contributed by atoms with van der Waals surface area (Å²) in [5, 5.41) is 9.88. The predicted molar refractivity (Wildman–Crippen MR) is 73.8 cm³/mol. The van der Waals surface area contributed by atoms with Gasteiger partial charge in [-0.2, -0.15) is 0 Å². The van der Waals surface area contributed by atoms with Gasteiger partial charge in [0.15, 0.2) is 0 Å². The Balaban J connectivity index is 1.64. The van der Waals surface area contributed by atoms with E-state index in [4.69, 9.17) is 21.1 Å². The number of ether oxygens (including phenoxy) is 2. The van der Waals surface area contributed by atoms with E-state index in [1.54, 1.807) is 24.3 Å². The molecule has 0 radical (unpaired) electrons. The first-order valence-electron chi connectivity index (χ1n) is 6.85. The summed E-state index contributed by atoms with van der Waals surface area (Å²) in [7, 11) is 0. The molecule has 1 aromatic carbocycles. The lowest BCUT2D eigenvalue weighted by molar-refractivity contribution is -0.159. The molecule has 0 saturated carbocycles. The van der Waals surface area contributed by atoms with E-state index in [0.29, 0.717) is 11.4 Å². The molecule has 4 atom stereocenters. The summed E-state index contributed by atoms with van der Waals surface area (Å²) in [6.45, 7) is 0.107. The van der Waals surface area contributed by atoms with Crippen LogP contribution in [0, 0.1) is 11.8 Å². The van der Waals surface area contributed by atoms with Crippen molar-refractivity contribution < 1.29 is 24.2 Å². The van der Waals surface area contributed by atoms with E-state index in [0.717, 1.165) is 12.0 Å². The molecule has 2 fully saturated rings. The second kappa shape index (κ2) is 5.66. The maximum atomic E-state index is 12.2. The monoisotopic (exact) mass is 310 g/mol. The minimum Gasteiger partial charge on any atom is -0.481 e. The van der Waals surface area contributed by atoms with Crippen molar-refractivity contribution in [1.82, 2.24) is 0 Å². The quantitative estimate of drug-likeness (QED) is 0.864. The molecule has 112 valence electrons. The maximum Gasteiger partial charge on any atom is 0.312 e. The molecule has 0 aromatic heterocycles. The summed E-state index contributed by atoms with van der Waals surface area (Å²) < 4.78 is 10.8. The molecule has 2 heterocycles. The van der Waals surface area contributed by atoms with Gasteiger partial charge in [-0.3, -0.25) is 9.59 Å². The molecule has 0 amide bonds. The zero-order valence-electron chi connectivity index (χ0n) is 11.2. The first-order valence-corrected chi connectivity index (χ1v) is 7.23. The van der Waals surface area contributed by atoms with E-state index < -0.39 is 23.8 Å². The molecule has 0 aliphatic carbocycles. The number of carbonyl (C=O) groups is 2. The molecule has 2 saturated heterocycles. The summed E-state index contributed by atoms with van der Waals surface area (Å²) in [4.78, 5) is 23.5. The molecule has 1 N–H and O–H groups in total. The number of rotatable bonds is 4. The molecule has 3 rings (SSSR count). The second-order valence-electron chi connectivity index (χ2n) is 5.41. The van der Waals surface area contributed by atoms with Crippen LogP contribution in [0.5, 0.6) is 0 Å². The highest BCUT2D eigenvalue weighted by Gasteiger charge is 2.56. The Hall–Kier alpha value is -1.59. The van der Waals surface area contributed by atoms with E-state index in [-0.39, 0.29) is 18.8 Å². The van der Waals surface area contributed by atoms with Crippen LogP contribution in [0.3, 0.4) is 0 Å². The number of carbonyl (C=O) groups excluding carboxylic acids is 1. The fourth-order valence-electron chi connectivity index (χ4n) is 3.12. The Kier molecular flexibility index (Phi) is 3.87. The Morgan fingerprint density at radius 1 is 1.19 bits per heavy atom. The van der Waals surface area contributed by atoms with Crippen molar-refractivity contribution in [1.29, 1.82) is 0 Å². The number of aliphatic carboxylic acids is 1. The summed E-state index contributed by atoms with van der Waals surface area (Å²) in [6.07, 6.45) is 0.729. The van der Waals surface area contributed by atoms with Gasteiger partial charge in [-0.25, -0.2) is 0 Å². The maximum absolute atomic E-state index is 12.2. The van der Waals surface area contributed by atoms with Gasteiger partial charge in [-0.05, 0) is 30.5 Å². The molecule has 2 aliphatic heterocycles. The van der Waals surface area contributed by atoms with Crippen molar-refractivity contribution in [3.8, 4) is 0 Å². The number of carboxylic acid groups (broad SMARTS) is 1. The number of benzene rings is 1. The third kappa shape index (κ3) is 2.76. The van der Waals surface area contributed by atoms with E-state index in [1.807, 2.05) is 0 Å². The lowest BCUT2D eigenvalue weighted by Crippen LogP contribution is -2.39. The highest BCUT2D eigenvalue weighted by molar-refractivity contribution is 6.30. The van der Waals surface area contributed by atoms with Gasteiger partial charge in [-0.15, -0.1) is 0 Å². The molecular formula is C15H15ClO5. The molecule has 21 heavy (non-hydrogen) atoms. The number of halogens is 1. The zero-order valence-corrected chi connectivity index (χ0v) is 12.0. The summed E-state index contributed by atoms with van der Waals surface area (Å²) in [5.41, 5.74) is 0.809. The Morgan fingerprint density at radius 2 is 1.81 bits per heavy atom. The van der Waals surface area contributed by atoms with Gasteiger partial charge in [-0.1, -0.05) is 23.7 Å². The van der Waals surface area contributed by atoms with Crippen molar-refractivity contribution in [2.24, 2.45) is 11.8 Å². The number of hydrogen-bond donors (Lipinski definition) is 1. The molecular weight excluding hydrogens is 296 g/mol. The van der Waals surface area contributed by atoms with Crippen LogP contribution < -0.4 is 0 Å². The lowest BCUT2D eigenvalue weighted by Gasteiger charge is -2.23. The number of carboxylic acids is 1. The van der Waals surface area contributed by atoms with Gasteiger partial charge in [0.2, 0.25) is 0 Å². The Morgan fingerprint density at radius 3 is 2.43 bits per heavy atom. The van der Waals surface area contributed by atoms with Crippen LogP contribution in [0.4, 0.5) is 0 Å². The SMILES string of the molecule is O=C(O)C1C(C(=O)OCc2ccc(Cl)cc2)[C@H]2CC[C@@H]1O2. The first kappa shape index (κ1) is 14.4. The molecule has 5 nitrogen and oxygen atoms in total. The van der Waals surface area contributed by atoms with Gasteiger partial charge >= 0.3 is 11.9 Å². The molecule has 2 unspecified atom stereocenters. The summed E-state index contributed by atoms with van der Waals surface area (Å²) >= 11 is 5.79. The first-order chi connectivity index (χ1) is 10.1. The smallest absolute Gasteiger partial charge is 0.312 e. The third-order valence-electron chi connectivity index (χ3n) is 4.12. The fourth-order valence-corrected chi connectivity index (χ4v) is 3.25. The van der Waals surface area contributed by atoms with Crippen LogP contribution >= 0.6 is 11.6 Å². The summed E-state index contributed by atoms with van der Waals surface area (Å²) in [6, 6.07) is 6.96. The lowest BCUT2D eigenvalue weighted by atomic mass is 9.79.